The van der Waals surface area contributed by atoms with Crippen molar-refractivity contribution in [3.63, 3.8) is 0 Å². The van der Waals surface area contributed by atoms with Crippen LogP contribution in [0.4, 0.5) is 5.69 Å². The maximum atomic E-state index is 6.45. The molecule has 2 aliphatic heterocycles. The molecule has 0 saturated heterocycles. The van der Waals surface area contributed by atoms with E-state index in [1.807, 2.05) is 0 Å². The van der Waals surface area contributed by atoms with E-state index in [0.29, 0.717) is 0 Å². The van der Waals surface area contributed by atoms with Crippen LogP contribution < -0.4 is 13.8 Å². The first kappa shape index (κ1) is 15.0. The average Bonchev–Trinajstić information content (AvgIpc) is 2.78. The Bertz CT molecular complexity index is 688. The van der Waals surface area contributed by atoms with E-state index in [0.717, 1.165) is 30.9 Å². The first-order valence-electron chi connectivity index (χ1n) is 7.62. The summed E-state index contributed by atoms with van der Waals surface area (Å²) in [6.45, 7) is 5.33. The summed E-state index contributed by atoms with van der Waals surface area (Å²) in [5.41, 5.74) is 3.66. The molecule has 1 aromatic carbocycles. The minimum atomic E-state index is -0.0200. The molecule has 0 amide bonds. The summed E-state index contributed by atoms with van der Waals surface area (Å²) in [6, 6.07) is 2.07. The van der Waals surface area contributed by atoms with Gasteiger partial charge in [0.2, 0.25) is 0 Å². The minimum absolute atomic E-state index is 0.0200. The number of anilines is 1. The number of benzene rings is 1. The molecule has 0 fully saturated rings. The van der Waals surface area contributed by atoms with Crippen LogP contribution in [0.2, 0.25) is 0 Å². The highest BCUT2D eigenvalue weighted by Gasteiger charge is 2.55. The lowest BCUT2D eigenvalue weighted by Crippen LogP contribution is -2.47. The molecule has 3 nitrogen and oxygen atoms in total. The minimum Gasteiger partial charge on any atom is -0.493 e. The lowest BCUT2D eigenvalue weighted by molar-refractivity contribution is 0.140. The number of ether oxygens (including phenoxy) is 2. The van der Waals surface area contributed by atoms with Crippen molar-refractivity contribution >= 4 is 41.1 Å². The molecule has 3 aliphatic rings. The standard InChI is InChI=1S/C17H20INO2S/c1-10-8-11(20-3)15-13-14(10)19(22)7-6-17(13)5-4-16(2,18)9-12(17)21-15/h4-5,8,12,22H,6-7,9H2,1-3H3/t12?,16-,17?/m0/s1. The third kappa shape index (κ3) is 1.87. The zero-order valence-electron chi connectivity index (χ0n) is 13.0. The van der Waals surface area contributed by atoms with Crippen LogP contribution in [0.3, 0.4) is 0 Å². The van der Waals surface area contributed by atoms with Crippen molar-refractivity contribution in [1.29, 1.82) is 0 Å². The molecule has 22 heavy (non-hydrogen) atoms. The van der Waals surface area contributed by atoms with Gasteiger partial charge < -0.3 is 13.8 Å². The van der Waals surface area contributed by atoms with Gasteiger partial charge in [0.1, 0.15) is 6.10 Å². The van der Waals surface area contributed by atoms with Crippen LogP contribution in [0.1, 0.15) is 30.9 Å². The average molecular weight is 429 g/mol. The molecule has 0 aromatic heterocycles. The summed E-state index contributed by atoms with van der Waals surface area (Å²) in [5, 5.41) is 0. The highest BCUT2D eigenvalue weighted by molar-refractivity contribution is 14.1. The summed E-state index contributed by atoms with van der Waals surface area (Å²) in [7, 11) is 1.72. The second-order valence-corrected chi connectivity index (χ2v) is 9.73. The lowest BCUT2D eigenvalue weighted by atomic mass is 9.66. The fourth-order valence-corrected chi connectivity index (χ4v) is 5.08. The molecule has 1 aromatic rings. The molecule has 4 rings (SSSR count). The SMILES string of the molecule is COc1cc(C)c2c3c1OC1C[C@@](C)(I)C=CC31CCN2S. The van der Waals surface area contributed by atoms with E-state index in [4.69, 9.17) is 9.47 Å². The summed E-state index contributed by atoms with van der Waals surface area (Å²) < 4.78 is 14.3. The van der Waals surface area contributed by atoms with E-state index in [1.165, 1.54) is 16.8 Å². The Hall–Kier alpha value is -0.560. The van der Waals surface area contributed by atoms with Crippen molar-refractivity contribution in [2.45, 2.75) is 41.6 Å². The predicted molar refractivity (Wildman–Crippen MR) is 101 cm³/mol. The van der Waals surface area contributed by atoms with Crippen LogP contribution in [-0.2, 0) is 5.41 Å². The first-order valence-corrected chi connectivity index (χ1v) is 9.10. The number of rotatable bonds is 1. The molecule has 2 unspecified atom stereocenters. The van der Waals surface area contributed by atoms with Gasteiger partial charge in [-0.2, -0.15) is 0 Å². The number of alkyl halides is 1. The molecule has 0 N–H and O–H groups in total. The van der Waals surface area contributed by atoms with Crippen LogP contribution in [0, 0.1) is 6.92 Å². The number of aryl methyl sites for hydroxylation is 1. The van der Waals surface area contributed by atoms with E-state index in [-0.39, 0.29) is 14.9 Å². The molecule has 0 saturated carbocycles. The van der Waals surface area contributed by atoms with Gasteiger partial charge in [0.05, 0.1) is 18.2 Å². The number of halogens is 1. The van der Waals surface area contributed by atoms with Crippen LogP contribution in [0.5, 0.6) is 11.5 Å². The fourth-order valence-electron chi connectivity index (χ4n) is 4.14. The van der Waals surface area contributed by atoms with E-state index >= 15 is 0 Å². The zero-order valence-corrected chi connectivity index (χ0v) is 16.1. The third-order valence-corrected chi connectivity index (χ3v) is 6.44. The quantitative estimate of drug-likeness (QED) is 0.313. The Morgan fingerprint density at radius 2 is 2.23 bits per heavy atom. The monoisotopic (exact) mass is 429 g/mol. The summed E-state index contributed by atoms with van der Waals surface area (Å²) in [4.78, 5) is 0. The molecule has 5 heteroatoms. The molecule has 1 spiro atoms. The van der Waals surface area contributed by atoms with Gasteiger partial charge in [0.15, 0.2) is 11.5 Å². The van der Waals surface area contributed by atoms with Crippen LogP contribution >= 0.6 is 35.4 Å². The topological polar surface area (TPSA) is 21.7 Å². The maximum Gasteiger partial charge on any atom is 0.167 e. The van der Waals surface area contributed by atoms with Gasteiger partial charge in [-0.3, -0.25) is 0 Å². The lowest BCUT2D eigenvalue weighted by Gasteiger charge is -2.44. The Balaban J connectivity index is 2.00. The van der Waals surface area contributed by atoms with Gasteiger partial charge in [-0.15, -0.1) is 0 Å². The van der Waals surface area contributed by atoms with Crippen molar-refractivity contribution in [3.8, 4) is 11.5 Å². The number of hydrogen-bond acceptors (Lipinski definition) is 4. The smallest absolute Gasteiger partial charge is 0.167 e. The molecule has 2 heterocycles. The maximum absolute atomic E-state index is 6.45. The van der Waals surface area contributed by atoms with Crippen molar-refractivity contribution in [2.75, 3.05) is 18.0 Å². The van der Waals surface area contributed by atoms with E-state index < -0.39 is 0 Å². The number of methoxy groups -OCH3 is 1. The van der Waals surface area contributed by atoms with Gasteiger partial charge in [0.25, 0.3) is 0 Å². The van der Waals surface area contributed by atoms with Crippen LogP contribution in [-0.4, -0.2) is 23.2 Å². The highest BCUT2D eigenvalue weighted by atomic mass is 127. The van der Waals surface area contributed by atoms with Crippen molar-refractivity contribution in [2.24, 2.45) is 0 Å². The zero-order chi connectivity index (χ0) is 15.7. The van der Waals surface area contributed by atoms with Crippen molar-refractivity contribution in [3.05, 3.63) is 29.3 Å². The second-order valence-electron chi connectivity index (χ2n) is 6.78. The molecule has 3 atom stereocenters. The van der Waals surface area contributed by atoms with Gasteiger partial charge in [0, 0.05) is 22.0 Å². The van der Waals surface area contributed by atoms with Gasteiger partial charge in [-0.1, -0.05) is 47.6 Å². The largest absolute Gasteiger partial charge is 0.493 e. The van der Waals surface area contributed by atoms with Crippen LogP contribution in [0.15, 0.2) is 18.2 Å². The molecular formula is C17H20INO2S. The Kier molecular flexibility index (Phi) is 3.22. The highest BCUT2D eigenvalue weighted by Crippen LogP contribution is 2.61. The number of hydrogen-bond donors (Lipinski definition) is 1. The fraction of sp³-hybridized carbons (Fsp3) is 0.529. The number of thiol groups is 1. The van der Waals surface area contributed by atoms with E-state index in [2.05, 4.69) is 71.8 Å². The predicted octanol–water partition coefficient (Wildman–Crippen LogP) is 4.21. The molecule has 0 radical (unpaired) electrons. The Labute approximate surface area is 150 Å². The molecular weight excluding hydrogens is 409 g/mol. The Morgan fingerprint density at radius 1 is 1.45 bits per heavy atom. The first-order chi connectivity index (χ1) is 10.4. The molecule has 1 aliphatic carbocycles. The van der Waals surface area contributed by atoms with Crippen molar-refractivity contribution < 1.29 is 9.47 Å². The Morgan fingerprint density at radius 3 is 2.95 bits per heavy atom. The van der Waals surface area contributed by atoms with Gasteiger partial charge in [-0.05, 0) is 31.9 Å². The number of allylic oxidation sites excluding steroid dienone is 1. The van der Waals surface area contributed by atoms with E-state index in [1.54, 1.807) is 7.11 Å². The summed E-state index contributed by atoms with van der Waals surface area (Å²) in [5.74, 6) is 1.77. The van der Waals surface area contributed by atoms with Gasteiger partial charge >= 0.3 is 0 Å². The van der Waals surface area contributed by atoms with Gasteiger partial charge in [-0.25, -0.2) is 0 Å². The molecule has 0 bridgehead atoms. The second kappa shape index (κ2) is 4.72. The molecule has 118 valence electrons. The van der Waals surface area contributed by atoms with E-state index in [9.17, 15) is 0 Å². The number of nitrogens with zero attached hydrogens (tertiary/aromatic N) is 1. The van der Waals surface area contributed by atoms with Crippen LogP contribution in [0.25, 0.3) is 0 Å². The summed E-state index contributed by atoms with van der Waals surface area (Å²) >= 11 is 7.21. The normalized spacial score (nSPS) is 35.0. The summed E-state index contributed by atoms with van der Waals surface area (Å²) in [6.07, 6.45) is 6.99. The third-order valence-electron chi connectivity index (χ3n) is 5.24. The van der Waals surface area contributed by atoms with Crippen molar-refractivity contribution in [1.82, 2.24) is 0 Å².